The highest BCUT2D eigenvalue weighted by Crippen LogP contribution is 2.35. The molecular weight excluding hydrogens is 348 g/mol. The lowest BCUT2D eigenvalue weighted by atomic mass is 9.82. The van der Waals surface area contributed by atoms with Gasteiger partial charge in [-0.2, -0.15) is 5.26 Å². The first-order valence-electron chi connectivity index (χ1n) is 9.31. The maximum absolute atomic E-state index is 9.10. The lowest BCUT2D eigenvalue weighted by Gasteiger charge is -2.23. The van der Waals surface area contributed by atoms with Crippen LogP contribution in [0.25, 0.3) is 0 Å². The number of nitriles is 1. The molecule has 2 fully saturated rings. The maximum atomic E-state index is 9.10. The monoisotopic (exact) mass is 374 g/mol. The number of rotatable bonds is 5. The number of aliphatic carboxylic acids is 2. The van der Waals surface area contributed by atoms with E-state index in [1.807, 2.05) is 12.1 Å². The van der Waals surface area contributed by atoms with E-state index in [1.165, 1.54) is 38.8 Å². The molecule has 1 heterocycles. The van der Waals surface area contributed by atoms with Gasteiger partial charge < -0.3 is 19.8 Å². The zero-order chi connectivity index (χ0) is 19.6. The first-order chi connectivity index (χ1) is 13.0. The normalized spacial score (nSPS) is 21.3. The third kappa shape index (κ3) is 6.91. The Labute approximate surface area is 159 Å². The molecule has 0 aromatic heterocycles. The average Bonchev–Trinajstić information content (AvgIpc) is 3.09. The van der Waals surface area contributed by atoms with Crippen molar-refractivity contribution in [1.29, 1.82) is 5.26 Å². The van der Waals surface area contributed by atoms with E-state index >= 15 is 0 Å². The maximum Gasteiger partial charge on any atom is 0.414 e. The van der Waals surface area contributed by atoms with Crippen LogP contribution >= 0.6 is 0 Å². The summed E-state index contributed by atoms with van der Waals surface area (Å²) in [7, 11) is 0. The average molecular weight is 374 g/mol. The number of hydrogen-bond donors (Lipinski definition) is 2. The van der Waals surface area contributed by atoms with E-state index in [0.717, 1.165) is 37.2 Å². The van der Waals surface area contributed by atoms with Gasteiger partial charge in [0.05, 0.1) is 18.2 Å². The van der Waals surface area contributed by atoms with E-state index in [2.05, 4.69) is 11.0 Å². The Morgan fingerprint density at radius 2 is 1.63 bits per heavy atom. The first-order valence-corrected chi connectivity index (χ1v) is 9.31. The predicted molar refractivity (Wildman–Crippen MR) is 98.4 cm³/mol. The zero-order valence-corrected chi connectivity index (χ0v) is 15.3. The smallest absolute Gasteiger partial charge is 0.414 e. The van der Waals surface area contributed by atoms with Crippen LogP contribution in [0.1, 0.15) is 37.7 Å². The van der Waals surface area contributed by atoms with Crippen molar-refractivity contribution in [2.75, 3.05) is 26.2 Å². The summed E-state index contributed by atoms with van der Waals surface area (Å²) in [5.41, 5.74) is 0.682. The van der Waals surface area contributed by atoms with Crippen molar-refractivity contribution in [2.24, 2.45) is 11.8 Å². The van der Waals surface area contributed by atoms with Crippen molar-refractivity contribution >= 4 is 11.9 Å². The number of carboxylic acid groups (broad SMARTS) is 2. The Balaban J connectivity index is 0.000000380. The minimum atomic E-state index is -1.82. The van der Waals surface area contributed by atoms with Crippen LogP contribution in [0, 0.1) is 23.2 Å². The highest BCUT2D eigenvalue weighted by Gasteiger charge is 2.33. The largest absolute Gasteiger partial charge is 0.494 e. The van der Waals surface area contributed by atoms with Crippen molar-refractivity contribution in [3.63, 3.8) is 0 Å². The number of likely N-dealkylation sites (tertiary alicyclic amines) is 1. The van der Waals surface area contributed by atoms with Gasteiger partial charge in [0.25, 0.3) is 0 Å². The summed E-state index contributed by atoms with van der Waals surface area (Å²) in [6.07, 6.45) is 6.86. The molecule has 1 aromatic carbocycles. The van der Waals surface area contributed by atoms with Crippen LogP contribution in [0.5, 0.6) is 5.75 Å². The van der Waals surface area contributed by atoms with Gasteiger partial charge in [-0.3, -0.25) is 0 Å². The van der Waals surface area contributed by atoms with Crippen LogP contribution in [0.4, 0.5) is 0 Å². The van der Waals surface area contributed by atoms with E-state index in [1.54, 1.807) is 12.1 Å². The molecule has 1 aliphatic carbocycles. The van der Waals surface area contributed by atoms with E-state index in [9.17, 15) is 0 Å². The van der Waals surface area contributed by atoms with Crippen LogP contribution in [0.15, 0.2) is 24.3 Å². The molecule has 1 aliphatic heterocycles. The molecule has 0 amide bonds. The number of fused-ring (bicyclic) bond motifs is 1. The Bertz CT molecular complexity index is 642. The van der Waals surface area contributed by atoms with Gasteiger partial charge in [-0.05, 0) is 55.4 Å². The van der Waals surface area contributed by atoms with Crippen molar-refractivity contribution in [3.05, 3.63) is 29.8 Å². The second kappa shape index (κ2) is 10.5. The number of ether oxygens (including phenoxy) is 1. The predicted octanol–water partition coefficient (Wildman–Crippen LogP) is 2.60. The fourth-order valence-electron chi connectivity index (χ4n) is 3.79. The highest BCUT2D eigenvalue weighted by molar-refractivity contribution is 6.27. The molecule has 0 spiro atoms. The third-order valence-electron chi connectivity index (χ3n) is 5.11. The molecule has 1 aromatic rings. The van der Waals surface area contributed by atoms with E-state index in [-0.39, 0.29) is 0 Å². The molecule has 27 heavy (non-hydrogen) atoms. The van der Waals surface area contributed by atoms with Crippen molar-refractivity contribution in [3.8, 4) is 11.8 Å². The van der Waals surface area contributed by atoms with Crippen LogP contribution < -0.4 is 4.74 Å². The fraction of sp³-hybridized carbons (Fsp3) is 0.550. The highest BCUT2D eigenvalue weighted by atomic mass is 16.5. The van der Waals surface area contributed by atoms with Crippen LogP contribution in [0.2, 0.25) is 0 Å². The van der Waals surface area contributed by atoms with Crippen molar-refractivity contribution in [2.45, 2.75) is 32.1 Å². The Hall–Kier alpha value is -2.59. The van der Waals surface area contributed by atoms with Gasteiger partial charge in [0.1, 0.15) is 5.75 Å². The Kier molecular flexibility index (Phi) is 8.08. The molecule has 2 N–H and O–H groups in total. The lowest BCUT2D eigenvalue weighted by Crippen LogP contribution is -2.23. The van der Waals surface area contributed by atoms with Crippen molar-refractivity contribution in [1.82, 2.24) is 4.90 Å². The number of carbonyl (C=O) groups is 2. The SMILES string of the molecule is N#Cc1ccc(OCCCN2CC3CCCCC3C2)cc1.O=C(O)C(=O)O. The second-order valence-corrected chi connectivity index (χ2v) is 7.01. The molecule has 7 nitrogen and oxygen atoms in total. The number of hydrogen-bond acceptors (Lipinski definition) is 5. The number of nitrogens with zero attached hydrogens (tertiary/aromatic N) is 2. The van der Waals surface area contributed by atoms with E-state index < -0.39 is 11.9 Å². The van der Waals surface area contributed by atoms with Crippen molar-refractivity contribution < 1.29 is 24.5 Å². The molecule has 146 valence electrons. The summed E-state index contributed by atoms with van der Waals surface area (Å²) in [5.74, 6) is -0.842. The summed E-state index contributed by atoms with van der Waals surface area (Å²) in [5, 5.41) is 23.5. The van der Waals surface area contributed by atoms with Gasteiger partial charge in [0, 0.05) is 19.6 Å². The topological polar surface area (TPSA) is 111 Å². The van der Waals surface area contributed by atoms with E-state index in [0.29, 0.717) is 5.56 Å². The Morgan fingerprint density at radius 3 is 2.11 bits per heavy atom. The van der Waals surface area contributed by atoms with E-state index in [4.69, 9.17) is 29.8 Å². The summed E-state index contributed by atoms with van der Waals surface area (Å²) >= 11 is 0. The molecule has 1 saturated carbocycles. The minimum absolute atomic E-state index is 0.682. The van der Waals surface area contributed by atoms with Gasteiger partial charge in [-0.25, -0.2) is 9.59 Å². The molecule has 0 bridgehead atoms. The first kappa shape index (κ1) is 20.7. The quantitative estimate of drug-likeness (QED) is 0.602. The molecule has 3 rings (SSSR count). The lowest BCUT2D eigenvalue weighted by molar-refractivity contribution is -0.159. The fourth-order valence-corrected chi connectivity index (χ4v) is 3.79. The van der Waals surface area contributed by atoms with Gasteiger partial charge in [-0.1, -0.05) is 12.8 Å². The molecule has 0 radical (unpaired) electrons. The zero-order valence-electron chi connectivity index (χ0n) is 15.3. The molecule has 7 heteroatoms. The third-order valence-corrected chi connectivity index (χ3v) is 5.11. The molecule has 1 saturated heterocycles. The number of benzene rings is 1. The second-order valence-electron chi connectivity index (χ2n) is 7.01. The molecular formula is C20H26N2O5. The minimum Gasteiger partial charge on any atom is -0.494 e. The van der Waals surface area contributed by atoms with Gasteiger partial charge >= 0.3 is 11.9 Å². The summed E-state index contributed by atoms with van der Waals surface area (Å²) in [4.78, 5) is 20.8. The van der Waals surface area contributed by atoms with Gasteiger partial charge in [-0.15, -0.1) is 0 Å². The molecule has 2 unspecified atom stereocenters. The molecule has 2 atom stereocenters. The summed E-state index contributed by atoms with van der Waals surface area (Å²) in [6.45, 7) is 4.53. The summed E-state index contributed by atoms with van der Waals surface area (Å²) < 4.78 is 5.75. The van der Waals surface area contributed by atoms with Crippen LogP contribution in [-0.2, 0) is 9.59 Å². The Morgan fingerprint density at radius 1 is 1.07 bits per heavy atom. The van der Waals surface area contributed by atoms with Crippen LogP contribution in [-0.4, -0.2) is 53.3 Å². The standard InChI is InChI=1S/C18H24N2O.C2H2O4/c19-12-15-6-8-18(9-7-15)21-11-3-10-20-13-16-4-1-2-5-17(16)14-20;3-1(4)2(5)6/h6-9,16-17H,1-5,10-11,13-14H2;(H,3,4)(H,5,6). The molecule has 2 aliphatic rings. The summed E-state index contributed by atoms with van der Waals surface area (Å²) in [6, 6.07) is 9.49. The van der Waals surface area contributed by atoms with Crippen LogP contribution in [0.3, 0.4) is 0 Å². The van der Waals surface area contributed by atoms with Gasteiger partial charge in [0.2, 0.25) is 0 Å². The van der Waals surface area contributed by atoms with Gasteiger partial charge in [0.15, 0.2) is 0 Å². The number of carboxylic acids is 2.